The maximum absolute atomic E-state index is 11.6. The smallest absolute Gasteiger partial charge is 0.337 e. The summed E-state index contributed by atoms with van der Waals surface area (Å²) in [6, 6.07) is 13.0. The first kappa shape index (κ1) is 18.9. The SMILES string of the molecule is COC(=O)c1cccc(OCCSc2nnnn2-c2ccc(C)c(C)c2)c1. The molecule has 0 fully saturated rings. The zero-order chi connectivity index (χ0) is 19.2. The maximum atomic E-state index is 11.6. The summed E-state index contributed by atoms with van der Waals surface area (Å²) in [5.74, 6) is 0.892. The molecule has 0 aliphatic rings. The third-order valence-electron chi connectivity index (χ3n) is 4.01. The van der Waals surface area contributed by atoms with E-state index in [1.807, 2.05) is 6.07 Å². The molecule has 27 heavy (non-hydrogen) atoms. The summed E-state index contributed by atoms with van der Waals surface area (Å²) in [7, 11) is 1.35. The molecule has 1 aromatic heterocycles. The number of thioether (sulfide) groups is 1. The molecule has 0 aliphatic carbocycles. The number of carbonyl (C=O) groups excluding carboxylic acids is 1. The van der Waals surface area contributed by atoms with Gasteiger partial charge in [-0.25, -0.2) is 4.79 Å². The molecule has 0 spiro atoms. The van der Waals surface area contributed by atoms with E-state index >= 15 is 0 Å². The summed E-state index contributed by atoms with van der Waals surface area (Å²) in [5.41, 5.74) is 3.80. The van der Waals surface area contributed by atoms with Crippen molar-refractivity contribution in [3.05, 3.63) is 59.2 Å². The summed E-state index contributed by atoms with van der Waals surface area (Å²) in [6.07, 6.45) is 0. The molecule has 0 bridgehead atoms. The van der Waals surface area contributed by atoms with E-state index < -0.39 is 0 Å². The number of benzene rings is 2. The van der Waals surface area contributed by atoms with Crippen molar-refractivity contribution in [3.8, 4) is 11.4 Å². The van der Waals surface area contributed by atoms with Gasteiger partial charge in [0.2, 0.25) is 5.16 Å². The second-order valence-electron chi connectivity index (χ2n) is 5.86. The molecule has 0 N–H and O–H groups in total. The standard InChI is InChI=1S/C19H20N4O3S/c1-13-7-8-16(11-14(13)2)23-19(20-21-22-23)27-10-9-26-17-6-4-5-15(12-17)18(24)25-3/h4-8,11-12H,9-10H2,1-3H3. The molecule has 1 heterocycles. The molecule has 0 amide bonds. The van der Waals surface area contributed by atoms with Crippen LogP contribution in [0.5, 0.6) is 5.75 Å². The number of carbonyl (C=O) groups is 1. The fraction of sp³-hybridized carbons (Fsp3) is 0.263. The lowest BCUT2D eigenvalue weighted by Crippen LogP contribution is -2.05. The van der Waals surface area contributed by atoms with Gasteiger partial charge in [0.1, 0.15) is 5.75 Å². The van der Waals surface area contributed by atoms with Crippen LogP contribution in [0.4, 0.5) is 0 Å². The van der Waals surface area contributed by atoms with Crippen molar-refractivity contribution in [3.63, 3.8) is 0 Å². The second-order valence-corrected chi connectivity index (χ2v) is 6.92. The first-order valence-electron chi connectivity index (χ1n) is 8.38. The summed E-state index contributed by atoms with van der Waals surface area (Å²) < 4.78 is 12.1. The predicted molar refractivity (Wildman–Crippen MR) is 103 cm³/mol. The maximum Gasteiger partial charge on any atom is 0.337 e. The Hall–Kier alpha value is -2.87. The van der Waals surface area contributed by atoms with E-state index in [1.165, 1.54) is 30.0 Å². The Morgan fingerprint density at radius 3 is 2.78 bits per heavy atom. The number of hydrogen-bond acceptors (Lipinski definition) is 7. The van der Waals surface area contributed by atoms with Crippen LogP contribution in [0.1, 0.15) is 21.5 Å². The van der Waals surface area contributed by atoms with Crippen LogP contribution in [0.15, 0.2) is 47.6 Å². The number of ether oxygens (including phenoxy) is 2. The quantitative estimate of drug-likeness (QED) is 0.351. The van der Waals surface area contributed by atoms with E-state index in [4.69, 9.17) is 9.47 Å². The van der Waals surface area contributed by atoms with Gasteiger partial charge >= 0.3 is 5.97 Å². The number of aromatic nitrogens is 4. The molecule has 0 aliphatic heterocycles. The Balaban J connectivity index is 1.58. The number of esters is 1. The Kier molecular flexibility index (Phi) is 6.08. The van der Waals surface area contributed by atoms with Crippen LogP contribution in [-0.4, -0.2) is 45.6 Å². The molecule has 0 saturated heterocycles. The van der Waals surface area contributed by atoms with Crippen molar-refractivity contribution in [1.29, 1.82) is 0 Å². The van der Waals surface area contributed by atoms with Gasteiger partial charge < -0.3 is 9.47 Å². The molecule has 7 nitrogen and oxygen atoms in total. The average Bonchev–Trinajstić information content (AvgIpc) is 3.15. The molecular weight excluding hydrogens is 364 g/mol. The number of hydrogen-bond donors (Lipinski definition) is 0. The molecule has 8 heteroatoms. The molecule has 0 atom stereocenters. The van der Waals surface area contributed by atoms with Crippen LogP contribution < -0.4 is 4.74 Å². The summed E-state index contributed by atoms with van der Waals surface area (Å²) in [5, 5.41) is 12.6. The van der Waals surface area contributed by atoms with Gasteiger partial charge in [0, 0.05) is 5.75 Å². The van der Waals surface area contributed by atoms with Crippen LogP contribution in [0.3, 0.4) is 0 Å². The second kappa shape index (κ2) is 8.68. The number of nitrogens with zero attached hydrogens (tertiary/aromatic N) is 4. The Labute approximate surface area is 161 Å². The van der Waals surface area contributed by atoms with Crippen molar-refractivity contribution >= 4 is 17.7 Å². The summed E-state index contributed by atoms with van der Waals surface area (Å²) in [4.78, 5) is 11.6. The molecule has 0 saturated carbocycles. The zero-order valence-electron chi connectivity index (χ0n) is 15.4. The van der Waals surface area contributed by atoms with E-state index in [9.17, 15) is 4.79 Å². The Bertz CT molecular complexity index is 942. The number of rotatable bonds is 7. The number of tetrazole rings is 1. The van der Waals surface area contributed by atoms with Crippen molar-refractivity contribution in [2.45, 2.75) is 19.0 Å². The first-order chi connectivity index (χ1) is 13.1. The predicted octanol–water partition coefficient (Wildman–Crippen LogP) is 3.24. The molecule has 3 rings (SSSR count). The van der Waals surface area contributed by atoms with Crippen LogP contribution in [0, 0.1) is 13.8 Å². The highest BCUT2D eigenvalue weighted by molar-refractivity contribution is 7.99. The first-order valence-corrected chi connectivity index (χ1v) is 9.37. The van der Waals surface area contributed by atoms with E-state index in [0.717, 1.165) is 5.69 Å². The molecule has 140 valence electrons. The lowest BCUT2D eigenvalue weighted by atomic mass is 10.1. The lowest BCUT2D eigenvalue weighted by Gasteiger charge is -2.08. The fourth-order valence-electron chi connectivity index (χ4n) is 2.41. The van der Waals surface area contributed by atoms with Gasteiger partial charge in [0.05, 0.1) is 25.0 Å². The zero-order valence-corrected chi connectivity index (χ0v) is 16.2. The molecule has 3 aromatic rings. The Morgan fingerprint density at radius 2 is 2.00 bits per heavy atom. The van der Waals surface area contributed by atoms with Gasteiger partial charge in [0.15, 0.2) is 0 Å². The highest BCUT2D eigenvalue weighted by Crippen LogP contribution is 2.21. The van der Waals surface area contributed by atoms with Gasteiger partial charge in [-0.1, -0.05) is 23.9 Å². The van der Waals surface area contributed by atoms with Gasteiger partial charge in [-0.05, 0) is 65.7 Å². The average molecular weight is 384 g/mol. The highest BCUT2D eigenvalue weighted by Gasteiger charge is 2.10. The van der Waals surface area contributed by atoms with Crippen molar-refractivity contribution in [2.75, 3.05) is 19.5 Å². The third-order valence-corrected chi connectivity index (χ3v) is 4.90. The minimum atomic E-state index is -0.387. The van der Waals surface area contributed by atoms with Crippen molar-refractivity contribution < 1.29 is 14.3 Å². The lowest BCUT2D eigenvalue weighted by molar-refractivity contribution is 0.0600. The Morgan fingerprint density at radius 1 is 1.15 bits per heavy atom. The monoisotopic (exact) mass is 384 g/mol. The van der Waals surface area contributed by atoms with Crippen molar-refractivity contribution in [1.82, 2.24) is 20.2 Å². The van der Waals surface area contributed by atoms with Gasteiger partial charge in [-0.15, -0.1) is 5.10 Å². The van der Waals surface area contributed by atoms with E-state index in [-0.39, 0.29) is 5.97 Å². The normalized spacial score (nSPS) is 10.6. The largest absolute Gasteiger partial charge is 0.493 e. The molecule has 0 radical (unpaired) electrons. The van der Waals surface area contributed by atoms with Gasteiger partial charge in [0.25, 0.3) is 0 Å². The summed E-state index contributed by atoms with van der Waals surface area (Å²) in [6.45, 7) is 4.59. The van der Waals surface area contributed by atoms with Crippen molar-refractivity contribution in [2.24, 2.45) is 0 Å². The molecule has 2 aromatic carbocycles. The van der Waals surface area contributed by atoms with E-state index in [2.05, 4.69) is 41.5 Å². The van der Waals surface area contributed by atoms with E-state index in [0.29, 0.717) is 28.8 Å². The van der Waals surface area contributed by atoms with Crippen LogP contribution in [0.25, 0.3) is 5.69 Å². The van der Waals surface area contributed by atoms with Gasteiger partial charge in [-0.3, -0.25) is 0 Å². The minimum Gasteiger partial charge on any atom is -0.493 e. The highest BCUT2D eigenvalue weighted by atomic mass is 32.2. The number of aryl methyl sites for hydroxylation is 2. The van der Waals surface area contributed by atoms with Crippen LogP contribution >= 0.6 is 11.8 Å². The van der Waals surface area contributed by atoms with Crippen LogP contribution in [0.2, 0.25) is 0 Å². The minimum absolute atomic E-state index is 0.387. The third kappa shape index (κ3) is 4.65. The topological polar surface area (TPSA) is 79.1 Å². The summed E-state index contributed by atoms with van der Waals surface area (Å²) >= 11 is 1.50. The van der Waals surface area contributed by atoms with Crippen LogP contribution in [-0.2, 0) is 4.74 Å². The fourth-order valence-corrected chi connectivity index (χ4v) is 3.12. The molecular formula is C19H20N4O3S. The van der Waals surface area contributed by atoms with Gasteiger partial charge in [-0.2, -0.15) is 4.68 Å². The number of methoxy groups -OCH3 is 1. The van der Waals surface area contributed by atoms with E-state index in [1.54, 1.807) is 28.9 Å². The molecule has 0 unspecified atom stereocenters.